The zero-order chi connectivity index (χ0) is 21.8. The van der Waals surface area contributed by atoms with Gasteiger partial charge in [-0.25, -0.2) is 0 Å². The van der Waals surface area contributed by atoms with E-state index in [0.717, 1.165) is 33.4 Å². The van der Waals surface area contributed by atoms with E-state index in [1.165, 1.54) is 6.07 Å². The van der Waals surface area contributed by atoms with Crippen molar-refractivity contribution >= 4 is 39.2 Å². The molecule has 0 saturated carbocycles. The van der Waals surface area contributed by atoms with E-state index in [0.29, 0.717) is 11.3 Å². The molecule has 0 saturated heterocycles. The molecule has 3 aromatic carbocycles. The Morgan fingerprint density at radius 3 is 2.30 bits per heavy atom. The van der Waals surface area contributed by atoms with Crippen LogP contribution in [0.2, 0.25) is 0 Å². The summed E-state index contributed by atoms with van der Waals surface area (Å²) in [5.41, 5.74) is 2.72. The number of ether oxygens (including phenoxy) is 1. The first-order valence-corrected chi connectivity index (χ1v) is 9.55. The maximum atomic E-state index is 11.4. The molecule has 152 valence electrons. The molecule has 0 spiro atoms. The van der Waals surface area contributed by atoms with Crippen molar-refractivity contribution in [3.63, 3.8) is 0 Å². The molecule has 8 nitrogen and oxygen atoms in total. The van der Waals surface area contributed by atoms with Crippen LogP contribution >= 0.6 is 15.9 Å². The van der Waals surface area contributed by atoms with Crippen LogP contribution in [-0.2, 0) is 0 Å². The van der Waals surface area contributed by atoms with Crippen LogP contribution in [0.25, 0.3) is 0 Å². The molecule has 0 amide bonds. The Morgan fingerprint density at radius 1 is 0.900 bits per heavy atom. The molecular weight excluding hydrogens is 454 g/mol. The van der Waals surface area contributed by atoms with Gasteiger partial charge in [-0.15, -0.1) is 0 Å². The quantitative estimate of drug-likeness (QED) is 0.235. The number of rotatable bonds is 6. The van der Waals surface area contributed by atoms with Gasteiger partial charge in [0.1, 0.15) is 5.75 Å². The van der Waals surface area contributed by atoms with E-state index in [1.54, 1.807) is 24.4 Å². The van der Waals surface area contributed by atoms with Gasteiger partial charge in [0, 0.05) is 22.3 Å². The molecule has 30 heavy (non-hydrogen) atoms. The normalized spacial score (nSPS) is 10.9. The standard InChI is InChI=1S/C21H16BrN3O5/c1-13-3-5-17(9-14(13)2)23-12-15-10-16(22)4-7-20(15)30-21-8-6-18(24(26)27)11-19(21)25(28)29/h3-12H,1-2H3. The average molecular weight is 470 g/mol. The molecular formula is C21H16BrN3O5. The third-order valence-electron chi connectivity index (χ3n) is 4.38. The van der Waals surface area contributed by atoms with Crippen molar-refractivity contribution < 1.29 is 14.6 Å². The van der Waals surface area contributed by atoms with Gasteiger partial charge < -0.3 is 4.74 Å². The molecule has 0 heterocycles. The number of nitrogens with zero attached hydrogens (tertiary/aromatic N) is 3. The molecule has 0 aliphatic heterocycles. The highest BCUT2D eigenvalue weighted by Crippen LogP contribution is 2.36. The SMILES string of the molecule is Cc1ccc(N=Cc2cc(Br)ccc2Oc2ccc([N+](=O)[O-])cc2[N+](=O)[O-])cc1C. The van der Waals surface area contributed by atoms with Crippen LogP contribution in [0.15, 0.2) is 64.1 Å². The summed E-state index contributed by atoms with van der Waals surface area (Å²) in [7, 11) is 0. The van der Waals surface area contributed by atoms with E-state index in [9.17, 15) is 20.2 Å². The summed E-state index contributed by atoms with van der Waals surface area (Å²) in [5, 5.41) is 22.3. The summed E-state index contributed by atoms with van der Waals surface area (Å²) in [6.45, 7) is 4.01. The second kappa shape index (κ2) is 8.83. The van der Waals surface area contributed by atoms with Crippen molar-refractivity contribution in [3.8, 4) is 11.5 Å². The molecule has 0 fully saturated rings. The van der Waals surface area contributed by atoms with Gasteiger partial charge in [-0.1, -0.05) is 22.0 Å². The third kappa shape index (κ3) is 4.87. The molecule has 0 bridgehead atoms. The Labute approximate surface area is 180 Å². The number of benzene rings is 3. The topological polar surface area (TPSA) is 108 Å². The Morgan fingerprint density at radius 2 is 1.63 bits per heavy atom. The van der Waals surface area contributed by atoms with E-state index in [2.05, 4.69) is 20.9 Å². The molecule has 0 aliphatic carbocycles. The average Bonchev–Trinajstić information content (AvgIpc) is 2.70. The van der Waals surface area contributed by atoms with Crippen LogP contribution in [-0.4, -0.2) is 16.1 Å². The molecule has 0 radical (unpaired) electrons. The van der Waals surface area contributed by atoms with Crippen molar-refractivity contribution in [1.29, 1.82) is 0 Å². The van der Waals surface area contributed by atoms with E-state index in [4.69, 9.17) is 4.74 Å². The van der Waals surface area contributed by atoms with Gasteiger partial charge in [0.25, 0.3) is 5.69 Å². The number of non-ortho nitro benzene ring substituents is 1. The van der Waals surface area contributed by atoms with Gasteiger partial charge in [-0.05, 0) is 61.4 Å². The molecule has 0 aliphatic rings. The van der Waals surface area contributed by atoms with Crippen LogP contribution in [0.3, 0.4) is 0 Å². The van der Waals surface area contributed by atoms with Crippen molar-refractivity contribution in [3.05, 3.63) is 96.0 Å². The smallest absolute Gasteiger partial charge is 0.318 e. The Bertz CT molecular complexity index is 1180. The second-order valence-corrected chi connectivity index (χ2v) is 7.39. The zero-order valence-electron chi connectivity index (χ0n) is 16.0. The molecule has 9 heteroatoms. The number of aryl methyl sites for hydroxylation is 2. The van der Waals surface area contributed by atoms with Crippen molar-refractivity contribution in [2.24, 2.45) is 4.99 Å². The predicted molar refractivity (Wildman–Crippen MR) is 117 cm³/mol. The fourth-order valence-electron chi connectivity index (χ4n) is 2.63. The minimum Gasteiger partial charge on any atom is -0.449 e. The number of nitro groups is 2. The number of nitro benzene ring substituents is 2. The van der Waals surface area contributed by atoms with E-state index in [1.807, 2.05) is 32.0 Å². The Kier molecular flexibility index (Phi) is 6.22. The maximum Gasteiger partial charge on any atom is 0.318 e. The Balaban J connectivity index is 1.98. The van der Waals surface area contributed by atoms with Gasteiger partial charge in [-0.3, -0.25) is 25.2 Å². The molecule has 0 atom stereocenters. The Hall–Kier alpha value is -3.59. The zero-order valence-corrected chi connectivity index (χ0v) is 17.6. The lowest BCUT2D eigenvalue weighted by Gasteiger charge is -2.09. The van der Waals surface area contributed by atoms with Crippen LogP contribution in [0.4, 0.5) is 17.1 Å². The molecule has 3 rings (SSSR count). The van der Waals surface area contributed by atoms with Gasteiger partial charge in [0.15, 0.2) is 0 Å². The van der Waals surface area contributed by atoms with Gasteiger partial charge in [-0.2, -0.15) is 0 Å². The van der Waals surface area contributed by atoms with Crippen molar-refractivity contribution in [2.75, 3.05) is 0 Å². The minimum absolute atomic E-state index is 0.103. The summed E-state index contributed by atoms with van der Waals surface area (Å²) >= 11 is 3.39. The lowest BCUT2D eigenvalue weighted by Crippen LogP contribution is -1.97. The van der Waals surface area contributed by atoms with Crippen LogP contribution < -0.4 is 4.74 Å². The maximum absolute atomic E-state index is 11.4. The fourth-order valence-corrected chi connectivity index (χ4v) is 3.01. The fraction of sp³-hybridized carbons (Fsp3) is 0.0952. The first-order valence-electron chi connectivity index (χ1n) is 8.76. The molecule has 0 aromatic heterocycles. The summed E-state index contributed by atoms with van der Waals surface area (Å²) in [5.74, 6) is 0.219. The van der Waals surface area contributed by atoms with Crippen LogP contribution in [0, 0.1) is 34.1 Å². The number of hydrogen-bond acceptors (Lipinski definition) is 6. The molecule has 0 unspecified atom stereocenters. The summed E-state index contributed by atoms with van der Waals surface area (Å²) in [6.07, 6.45) is 1.60. The second-order valence-electron chi connectivity index (χ2n) is 6.48. The van der Waals surface area contributed by atoms with E-state index < -0.39 is 15.5 Å². The van der Waals surface area contributed by atoms with Gasteiger partial charge in [0.2, 0.25) is 5.75 Å². The molecule has 3 aromatic rings. The minimum atomic E-state index is -0.718. The van der Waals surface area contributed by atoms with E-state index in [-0.39, 0.29) is 11.4 Å². The lowest BCUT2D eigenvalue weighted by molar-refractivity contribution is -0.394. The van der Waals surface area contributed by atoms with Crippen molar-refractivity contribution in [2.45, 2.75) is 13.8 Å². The largest absolute Gasteiger partial charge is 0.449 e. The first-order chi connectivity index (χ1) is 14.2. The van der Waals surface area contributed by atoms with Crippen LogP contribution in [0.5, 0.6) is 11.5 Å². The monoisotopic (exact) mass is 469 g/mol. The highest BCUT2D eigenvalue weighted by atomic mass is 79.9. The third-order valence-corrected chi connectivity index (χ3v) is 4.88. The summed E-state index contributed by atoms with van der Waals surface area (Å²) in [4.78, 5) is 25.3. The summed E-state index contributed by atoms with van der Waals surface area (Å²) < 4.78 is 6.52. The van der Waals surface area contributed by atoms with Crippen molar-refractivity contribution in [1.82, 2.24) is 0 Å². The van der Waals surface area contributed by atoms with Crippen LogP contribution in [0.1, 0.15) is 16.7 Å². The summed E-state index contributed by atoms with van der Waals surface area (Å²) in [6, 6.07) is 14.2. The lowest BCUT2D eigenvalue weighted by atomic mass is 10.1. The molecule has 0 N–H and O–H groups in total. The van der Waals surface area contributed by atoms with Gasteiger partial charge >= 0.3 is 5.69 Å². The highest BCUT2D eigenvalue weighted by Gasteiger charge is 2.21. The van der Waals surface area contributed by atoms with E-state index >= 15 is 0 Å². The number of aliphatic imine (C=N–C) groups is 1. The van der Waals surface area contributed by atoms with Gasteiger partial charge in [0.05, 0.1) is 21.6 Å². The predicted octanol–water partition coefficient (Wildman–Crippen LogP) is 6.43. The number of halogens is 1. The first kappa shape index (κ1) is 21.1. The highest BCUT2D eigenvalue weighted by molar-refractivity contribution is 9.10. The number of hydrogen-bond donors (Lipinski definition) is 0.